The van der Waals surface area contributed by atoms with E-state index in [1.165, 1.54) is 0 Å². The van der Waals surface area contributed by atoms with Crippen LogP contribution in [0.1, 0.15) is 24.0 Å². The summed E-state index contributed by atoms with van der Waals surface area (Å²) in [5, 5.41) is 6.37. The van der Waals surface area contributed by atoms with Gasteiger partial charge in [-0.25, -0.2) is 4.98 Å². The molecule has 158 valence electrons. The van der Waals surface area contributed by atoms with Gasteiger partial charge in [0, 0.05) is 24.5 Å². The van der Waals surface area contributed by atoms with Gasteiger partial charge in [-0.3, -0.25) is 4.79 Å². The Balaban J connectivity index is 1.28. The highest BCUT2D eigenvalue weighted by atomic mass is 16.7. The molecule has 7 nitrogen and oxygen atoms in total. The molecule has 5 rings (SSSR count). The number of methoxy groups -OCH3 is 1. The molecule has 0 atom stereocenters. The Kier molecular flexibility index (Phi) is 4.86. The Morgan fingerprint density at radius 3 is 2.81 bits per heavy atom. The number of nitrogens with zero attached hydrogens (tertiary/aromatic N) is 1. The molecule has 0 radical (unpaired) electrons. The molecule has 1 aliphatic carbocycles. The van der Waals surface area contributed by atoms with Crippen LogP contribution in [0.15, 0.2) is 60.8 Å². The summed E-state index contributed by atoms with van der Waals surface area (Å²) in [6, 6.07) is 17.2. The van der Waals surface area contributed by atoms with Crippen LogP contribution < -0.4 is 24.8 Å². The molecule has 7 heteroatoms. The first-order valence-electron chi connectivity index (χ1n) is 10.2. The molecule has 2 aromatic carbocycles. The topological polar surface area (TPSA) is 81.7 Å². The number of amides is 1. The van der Waals surface area contributed by atoms with Gasteiger partial charge in [0.1, 0.15) is 11.6 Å². The van der Waals surface area contributed by atoms with E-state index in [0.717, 1.165) is 46.9 Å². The van der Waals surface area contributed by atoms with Gasteiger partial charge >= 0.3 is 0 Å². The van der Waals surface area contributed by atoms with Gasteiger partial charge in [-0.1, -0.05) is 12.1 Å². The monoisotopic (exact) mass is 417 g/mol. The Hall–Kier alpha value is -3.74. The number of carbonyl (C=O) groups is 1. The molecule has 1 aliphatic heterocycles. The predicted molar refractivity (Wildman–Crippen MR) is 116 cm³/mol. The first-order valence-corrected chi connectivity index (χ1v) is 10.2. The van der Waals surface area contributed by atoms with E-state index in [1.54, 1.807) is 13.3 Å². The van der Waals surface area contributed by atoms with Gasteiger partial charge in [0.15, 0.2) is 11.5 Å². The van der Waals surface area contributed by atoms with Crippen molar-refractivity contribution in [1.82, 2.24) is 10.3 Å². The van der Waals surface area contributed by atoms with Crippen molar-refractivity contribution in [2.45, 2.75) is 24.8 Å². The Morgan fingerprint density at radius 1 is 1.10 bits per heavy atom. The minimum Gasteiger partial charge on any atom is -0.497 e. The van der Waals surface area contributed by atoms with Crippen LogP contribution in [-0.2, 0) is 16.8 Å². The van der Waals surface area contributed by atoms with E-state index in [-0.39, 0.29) is 12.7 Å². The first kappa shape index (κ1) is 19.2. The second-order valence-corrected chi connectivity index (χ2v) is 7.74. The van der Waals surface area contributed by atoms with Crippen molar-refractivity contribution in [2.24, 2.45) is 0 Å². The van der Waals surface area contributed by atoms with E-state index in [9.17, 15) is 4.79 Å². The molecule has 2 N–H and O–H groups in total. The molecule has 1 amide bonds. The van der Waals surface area contributed by atoms with E-state index in [1.807, 2.05) is 54.6 Å². The summed E-state index contributed by atoms with van der Waals surface area (Å²) in [5.41, 5.74) is 2.32. The van der Waals surface area contributed by atoms with Crippen LogP contribution in [0.25, 0.3) is 0 Å². The van der Waals surface area contributed by atoms with E-state index < -0.39 is 5.41 Å². The van der Waals surface area contributed by atoms with E-state index in [0.29, 0.717) is 12.4 Å². The van der Waals surface area contributed by atoms with Crippen LogP contribution in [0.2, 0.25) is 0 Å². The van der Waals surface area contributed by atoms with Crippen molar-refractivity contribution in [3.05, 3.63) is 71.9 Å². The van der Waals surface area contributed by atoms with Crippen LogP contribution >= 0.6 is 0 Å². The molecule has 0 bridgehead atoms. The summed E-state index contributed by atoms with van der Waals surface area (Å²) in [6.07, 6.45) is 3.38. The van der Waals surface area contributed by atoms with Gasteiger partial charge in [-0.15, -0.1) is 0 Å². The zero-order valence-corrected chi connectivity index (χ0v) is 17.2. The van der Waals surface area contributed by atoms with E-state index in [2.05, 4.69) is 15.6 Å². The number of anilines is 2. The van der Waals surface area contributed by atoms with Gasteiger partial charge in [0.05, 0.1) is 12.5 Å². The minimum absolute atomic E-state index is 0.0312. The van der Waals surface area contributed by atoms with Crippen LogP contribution in [0.4, 0.5) is 11.5 Å². The predicted octanol–water partition coefficient (Wildman–Crippen LogP) is 3.91. The largest absolute Gasteiger partial charge is 0.497 e. The molecule has 1 saturated carbocycles. The van der Waals surface area contributed by atoms with Gasteiger partial charge < -0.3 is 24.8 Å². The minimum atomic E-state index is -0.496. The smallest absolute Gasteiger partial charge is 0.231 e. The zero-order chi connectivity index (χ0) is 21.3. The number of benzene rings is 2. The molecule has 3 aromatic rings. The second kappa shape index (κ2) is 7.83. The summed E-state index contributed by atoms with van der Waals surface area (Å²) >= 11 is 0. The van der Waals surface area contributed by atoms with Crippen molar-refractivity contribution in [1.29, 1.82) is 0 Å². The normalized spacial score (nSPS) is 15.3. The third-order valence-electron chi connectivity index (χ3n) is 5.73. The van der Waals surface area contributed by atoms with Crippen molar-refractivity contribution in [3.63, 3.8) is 0 Å². The average molecular weight is 417 g/mol. The fraction of sp³-hybridized carbons (Fsp3) is 0.250. The molecule has 0 spiro atoms. The van der Waals surface area contributed by atoms with E-state index >= 15 is 0 Å². The van der Waals surface area contributed by atoms with Gasteiger partial charge in [0.25, 0.3) is 0 Å². The summed E-state index contributed by atoms with van der Waals surface area (Å²) in [4.78, 5) is 17.5. The number of hydrogen-bond acceptors (Lipinski definition) is 6. The summed E-state index contributed by atoms with van der Waals surface area (Å²) < 4.78 is 16.0. The van der Waals surface area contributed by atoms with Crippen LogP contribution in [0, 0.1) is 0 Å². The first-order chi connectivity index (χ1) is 15.2. The van der Waals surface area contributed by atoms with Crippen molar-refractivity contribution in [3.8, 4) is 17.2 Å². The molecule has 0 saturated heterocycles. The number of pyridine rings is 1. The third-order valence-corrected chi connectivity index (χ3v) is 5.73. The number of fused-ring (bicyclic) bond motifs is 1. The number of carbonyl (C=O) groups excluding carboxylic acids is 1. The average Bonchev–Trinajstić information content (AvgIpc) is 3.49. The third kappa shape index (κ3) is 3.86. The maximum Gasteiger partial charge on any atom is 0.231 e. The highest BCUT2D eigenvalue weighted by molar-refractivity contribution is 5.91. The number of nitrogens with one attached hydrogen (secondary N) is 2. The van der Waals surface area contributed by atoms with Crippen molar-refractivity contribution >= 4 is 17.4 Å². The quantitative estimate of drug-likeness (QED) is 0.607. The van der Waals surface area contributed by atoms with Crippen molar-refractivity contribution < 1.29 is 19.0 Å². The highest BCUT2D eigenvalue weighted by Crippen LogP contribution is 2.49. The Labute approximate surface area is 180 Å². The highest BCUT2D eigenvalue weighted by Gasteiger charge is 2.51. The molecular weight excluding hydrogens is 394 g/mol. The molecule has 2 aliphatic rings. The van der Waals surface area contributed by atoms with Crippen LogP contribution in [-0.4, -0.2) is 24.8 Å². The van der Waals surface area contributed by atoms with Gasteiger partial charge in [0.2, 0.25) is 12.7 Å². The summed E-state index contributed by atoms with van der Waals surface area (Å²) in [5.74, 6) is 2.95. The summed E-state index contributed by atoms with van der Waals surface area (Å²) in [6.45, 7) is 0.680. The lowest BCUT2D eigenvalue weighted by Gasteiger charge is -2.17. The summed E-state index contributed by atoms with van der Waals surface area (Å²) in [7, 11) is 1.64. The van der Waals surface area contributed by atoms with Crippen molar-refractivity contribution in [2.75, 3.05) is 19.2 Å². The lowest BCUT2D eigenvalue weighted by atomic mass is 9.95. The molecule has 31 heavy (non-hydrogen) atoms. The van der Waals surface area contributed by atoms with Gasteiger partial charge in [-0.05, 0) is 60.4 Å². The zero-order valence-electron chi connectivity index (χ0n) is 17.2. The number of aromatic nitrogens is 1. The lowest BCUT2D eigenvalue weighted by molar-refractivity contribution is -0.123. The molecular formula is C24H23N3O4. The molecule has 1 aromatic heterocycles. The van der Waals surface area contributed by atoms with Crippen LogP contribution in [0.5, 0.6) is 17.2 Å². The van der Waals surface area contributed by atoms with Gasteiger partial charge in [-0.2, -0.15) is 0 Å². The number of rotatable bonds is 7. The number of hydrogen-bond donors (Lipinski definition) is 2. The fourth-order valence-corrected chi connectivity index (χ4v) is 3.82. The Bertz CT molecular complexity index is 1130. The standard InChI is InChI=1S/C24H23N3O4/c1-29-19-4-2-3-18(13-19)27-22-12-17(7-10-25-22)24(8-9-24)23(28)26-14-16-5-6-20-21(11-16)31-15-30-20/h2-7,10-13H,8-9,14-15H2,1H3,(H,25,27)(H,26,28). The maximum absolute atomic E-state index is 13.1. The SMILES string of the molecule is COc1cccc(Nc2cc(C3(C(=O)NCc4ccc5c(c4)OCO5)CC3)ccn2)c1. The van der Waals surface area contributed by atoms with E-state index in [4.69, 9.17) is 14.2 Å². The maximum atomic E-state index is 13.1. The fourth-order valence-electron chi connectivity index (χ4n) is 3.82. The second-order valence-electron chi connectivity index (χ2n) is 7.74. The molecule has 0 unspecified atom stereocenters. The Morgan fingerprint density at radius 2 is 1.97 bits per heavy atom. The number of ether oxygens (including phenoxy) is 3. The molecule has 2 heterocycles. The lowest BCUT2D eigenvalue weighted by Crippen LogP contribution is -2.34. The molecule has 1 fully saturated rings. The van der Waals surface area contributed by atoms with Crippen LogP contribution in [0.3, 0.4) is 0 Å².